The predicted molar refractivity (Wildman–Crippen MR) is 95.8 cm³/mol. The van der Waals surface area contributed by atoms with Gasteiger partial charge in [0.2, 0.25) is 0 Å². The van der Waals surface area contributed by atoms with Crippen molar-refractivity contribution in [2.45, 2.75) is 56.0 Å². The molecule has 1 aliphatic heterocycles. The van der Waals surface area contributed by atoms with Crippen LogP contribution in [0.4, 0.5) is 0 Å². The molecule has 136 valence electrons. The van der Waals surface area contributed by atoms with E-state index in [0.717, 1.165) is 29.8 Å². The van der Waals surface area contributed by atoms with Gasteiger partial charge in [0, 0.05) is 18.0 Å². The lowest BCUT2D eigenvalue weighted by molar-refractivity contribution is 0.0581. The summed E-state index contributed by atoms with van der Waals surface area (Å²) >= 11 is 1.31. The highest BCUT2D eigenvalue weighted by atomic mass is 32.2. The molecule has 0 unspecified atom stereocenters. The molecule has 1 fully saturated rings. The second-order valence-electron chi connectivity index (χ2n) is 6.98. The third-order valence-electron chi connectivity index (χ3n) is 5.21. The van der Waals surface area contributed by atoms with Gasteiger partial charge in [-0.1, -0.05) is 6.42 Å². The quantitative estimate of drug-likeness (QED) is 0.883. The summed E-state index contributed by atoms with van der Waals surface area (Å²) in [5.41, 5.74) is 1.55. The standard InChI is InChI=1S/C17H23N3O3S2/c1-12-6-7-16(24-12)25(22,23)19-8-3-9-20-14(11-19)10-15(18-20)17(21)13-4-2-5-13/h6-7,10,13,17,21H,2-5,8-9,11H2,1H3/t17-/m1/s1. The summed E-state index contributed by atoms with van der Waals surface area (Å²) in [4.78, 5) is 0.990. The summed E-state index contributed by atoms with van der Waals surface area (Å²) in [6.07, 6.45) is 3.44. The van der Waals surface area contributed by atoms with Gasteiger partial charge < -0.3 is 5.11 Å². The number of sulfonamides is 1. The molecule has 1 aliphatic carbocycles. The number of aliphatic hydroxyl groups excluding tert-OH is 1. The third kappa shape index (κ3) is 3.16. The zero-order valence-corrected chi connectivity index (χ0v) is 15.9. The molecule has 0 radical (unpaired) electrons. The van der Waals surface area contributed by atoms with Gasteiger partial charge in [-0.25, -0.2) is 8.42 Å². The Morgan fingerprint density at radius 2 is 2.08 bits per heavy atom. The fourth-order valence-electron chi connectivity index (χ4n) is 3.48. The Bertz CT molecular complexity index is 868. The van der Waals surface area contributed by atoms with Crippen molar-refractivity contribution >= 4 is 21.4 Å². The van der Waals surface area contributed by atoms with Gasteiger partial charge in [-0.05, 0) is 50.3 Å². The van der Waals surface area contributed by atoms with E-state index in [4.69, 9.17) is 0 Å². The number of nitrogens with zero attached hydrogens (tertiary/aromatic N) is 3. The van der Waals surface area contributed by atoms with Gasteiger partial charge in [0.15, 0.2) is 0 Å². The largest absolute Gasteiger partial charge is 0.386 e. The molecule has 25 heavy (non-hydrogen) atoms. The molecule has 0 saturated heterocycles. The highest BCUT2D eigenvalue weighted by Gasteiger charge is 2.32. The van der Waals surface area contributed by atoms with E-state index in [1.165, 1.54) is 22.1 Å². The minimum absolute atomic E-state index is 0.299. The number of hydrogen-bond acceptors (Lipinski definition) is 5. The molecule has 8 heteroatoms. The molecule has 0 bridgehead atoms. The van der Waals surface area contributed by atoms with Crippen molar-refractivity contribution in [2.75, 3.05) is 6.54 Å². The Balaban J connectivity index is 1.59. The van der Waals surface area contributed by atoms with Crippen LogP contribution in [-0.2, 0) is 23.1 Å². The lowest BCUT2D eigenvalue weighted by atomic mass is 9.80. The van der Waals surface area contributed by atoms with Gasteiger partial charge in [0.05, 0.1) is 17.9 Å². The zero-order chi connectivity index (χ0) is 17.6. The summed E-state index contributed by atoms with van der Waals surface area (Å²) in [6.45, 7) is 3.39. The average Bonchev–Trinajstić information content (AvgIpc) is 3.07. The van der Waals surface area contributed by atoms with Crippen molar-refractivity contribution in [1.29, 1.82) is 0 Å². The highest BCUT2D eigenvalue weighted by molar-refractivity contribution is 7.91. The summed E-state index contributed by atoms with van der Waals surface area (Å²) in [5.74, 6) is 0.299. The van der Waals surface area contributed by atoms with Crippen LogP contribution in [0.3, 0.4) is 0 Å². The van der Waals surface area contributed by atoms with Crippen LogP contribution in [0, 0.1) is 12.8 Å². The van der Waals surface area contributed by atoms with Gasteiger partial charge in [0.1, 0.15) is 10.3 Å². The molecule has 2 aromatic heterocycles. The molecule has 1 saturated carbocycles. The average molecular weight is 382 g/mol. The minimum Gasteiger partial charge on any atom is -0.386 e. The molecular weight excluding hydrogens is 358 g/mol. The Hall–Kier alpha value is -1.22. The number of thiophene rings is 1. The molecule has 1 N–H and O–H groups in total. The second kappa shape index (κ2) is 6.50. The molecule has 3 heterocycles. The van der Waals surface area contributed by atoms with Crippen molar-refractivity contribution < 1.29 is 13.5 Å². The molecule has 6 nitrogen and oxygen atoms in total. The number of fused-ring (bicyclic) bond motifs is 1. The van der Waals surface area contributed by atoms with Crippen LogP contribution in [0.2, 0.25) is 0 Å². The SMILES string of the molecule is Cc1ccc(S(=O)(=O)N2CCCn3nc([C@H](O)C4CCC4)cc3C2)s1. The van der Waals surface area contributed by atoms with E-state index in [1.54, 1.807) is 6.07 Å². The monoisotopic (exact) mass is 381 g/mol. The molecule has 0 amide bonds. The molecule has 4 rings (SSSR count). The molecule has 0 spiro atoms. The number of rotatable bonds is 4. The van der Waals surface area contributed by atoms with Gasteiger partial charge in [-0.3, -0.25) is 4.68 Å². The topological polar surface area (TPSA) is 75.4 Å². The lowest BCUT2D eigenvalue weighted by Crippen LogP contribution is -2.30. The maximum Gasteiger partial charge on any atom is 0.252 e. The molecule has 2 aromatic rings. The molecular formula is C17H23N3O3S2. The fourth-order valence-corrected chi connectivity index (χ4v) is 6.37. The molecule has 2 aliphatic rings. The maximum absolute atomic E-state index is 12.9. The van der Waals surface area contributed by atoms with Gasteiger partial charge >= 0.3 is 0 Å². The van der Waals surface area contributed by atoms with Crippen LogP contribution in [0.5, 0.6) is 0 Å². The Morgan fingerprint density at radius 3 is 2.72 bits per heavy atom. The summed E-state index contributed by atoms with van der Waals surface area (Å²) in [5, 5.41) is 15.0. The molecule has 1 atom stereocenters. The first kappa shape index (κ1) is 17.2. The first-order chi connectivity index (χ1) is 11.9. The van der Waals surface area contributed by atoms with Crippen molar-refractivity contribution in [3.63, 3.8) is 0 Å². The first-order valence-corrected chi connectivity index (χ1v) is 11.0. The van der Waals surface area contributed by atoms with E-state index in [-0.39, 0.29) is 0 Å². The van der Waals surface area contributed by atoms with Crippen LogP contribution in [0.1, 0.15) is 48.1 Å². The van der Waals surface area contributed by atoms with E-state index in [9.17, 15) is 13.5 Å². The Kier molecular flexibility index (Phi) is 4.47. The zero-order valence-electron chi connectivity index (χ0n) is 14.3. The number of aliphatic hydroxyl groups is 1. The van der Waals surface area contributed by atoms with Gasteiger partial charge in [0.25, 0.3) is 10.0 Å². The van der Waals surface area contributed by atoms with Gasteiger partial charge in [-0.2, -0.15) is 9.40 Å². The van der Waals surface area contributed by atoms with Crippen LogP contribution < -0.4 is 0 Å². The van der Waals surface area contributed by atoms with Crippen LogP contribution in [0.15, 0.2) is 22.4 Å². The highest BCUT2D eigenvalue weighted by Crippen LogP contribution is 2.37. The van der Waals surface area contributed by atoms with Crippen LogP contribution in [-0.4, -0.2) is 34.2 Å². The number of aryl methyl sites for hydroxylation is 2. The number of hydrogen-bond donors (Lipinski definition) is 1. The normalized spacial score (nSPS) is 20.7. The minimum atomic E-state index is -3.48. The van der Waals surface area contributed by atoms with Crippen molar-refractivity contribution in [1.82, 2.24) is 14.1 Å². The van der Waals surface area contributed by atoms with E-state index in [0.29, 0.717) is 35.5 Å². The molecule has 0 aromatic carbocycles. The van der Waals surface area contributed by atoms with Crippen LogP contribution in [0.25, 0.3) is 0 Å². The van der Waals surface area contributed by atoms with Crippen molar-refractivity contribution in [3.05, 3.63) is 34.5 Å². The third-order valence-corrected chi connectivity index (χ3v) is 8.52. The Labute approximate surface area is 152 Å². The lowest BCUT2D eigenvalue weighted by Gasteiger charge is -2.29. The second-order valence-corrected chi connectivity index (χ2v) is 10.4. The van der Waals surface area contributed by atoms with Crippen molar-refractivity contribution in [2.24, 2.45) is 5.92 Å². The first-order valence-electron chi connectivity index (χ1n) is 8.76. The fraction of sp³-hybridized carbons (Fsp3) is 0.588. The Morgan fingerprint density at radius 1 is 1.28 bits per heavy atom. The van der Waals surface area contributed by atoms with E-state index >= 15 is 0 Å². The van der Waals surface area contributed by atoms with Crippen molar-refractivity contribution in [3.8, 4) is 0 Å². The van der Waals surface area contributed by atoms with Gasteiger partial charge in [-0.15, -0.1) is 11.3 Å². The predicted octanol–water partition coefficient (Wildman–Crippen LogP) is 2.68. The summed E-state index contributed by atoms with van der Waals surface area (Å²) in [7, 11) is -3.48. The maximum atomic E-state index is 12.9. The van der Waals surface area contributed by atoms with Crippen LogP contribution >= 0.6 is 11.3 Å². The summed E-state index contributed by atoms with van der Waals surface area (Å²) < 4.78 is 29.7. The smallest absolute Gasteiger partial charge is 0.252 e. The van der Waals surface area contributed by atoms with E-state index in [1.807, 2.05) is 23.7 Å². The van der Waals surface area contributed by atoms with E-state index in [2.05, 4.69) is 5.10 Å². The summed E-state index contributed by atoms with van der Waals surface area (Å²) in [6, 6.07) is 5.41. The number of aromatic nitrogens is 2. The van der Waals surface area contributed by atoms with E-state index < -0.39 is 16.1 Å².